The molecule has 0 saturated heterocycles. The zero-order chi connectivity index (χ0) is 27.9. The third kappa shape index (κ3) is 4.42. The van der Waals surface area contributed by atoms with Gasteiger partial charge < -0.3 is 9.15 Å². The van der Waals surface area contributed by atoms with Gasteiger partial charge in [-0.15, -0.1) is 5.10 Å². The number of aromatic nitrogens is 5. The first-order chi connectivity index (χ1) is 20.1. The Morgan fingerprint density at radius 1 is 1.00 bits per heavy atom. The summed E-state index contributed by atoms with van der Waals surface area (Å²) in [6, 6.07) is 25.3. The van der Waals surface area contributed by atoms with E-state index in [0.717, 1.165) is 44.8 Å². The van der Waals surface area contributed by atoms with Crippen molar-refractivity contribution in [2.75, 3.05) is 6.61 Å². The van der Waals surface area contributed by atoms with Crippen molar-refractivity contribution in [3.8, 4) is 34.3 Å². The molecule has 0 radical (unpaired) electrons. The van der Waals surface area contributed by atoms with E-state index in [9.17, 15) is 4.79 Å². The second kappa shape index (κ2) is 10.0. The number of fused-ring (bicyclic) bond motifs is 2. The molecular formula is C32H23N5O3S. The van der Waals surface area contributed by atoms with Crippen LogP contribution in [0.3, 0.4) is 0 Å². The predicted octanol–water partition coefficient (Wildman–Crippen LogP) is 5.84. The highest BCUT2D eigenvalue weighted by atomic mass is 32.1. The topological polar surface area (TPSA) is 87.4 Å². The van der Waals surface area contributed by atoms with Crippen LogP contribution < -0.4 is 14.8 Å². The molecule has 0 bridgehead atoms. The minimum Gasteiger partial charge on any atom is -0.490 e. The summed E-state index contributed by atoms with van der Waals surface area (Å²) in [6.45, 7) is 6.09. The molecule has 0 saturated carbocycles. The highest BCUT2D eigenvalue weighted by Gasteiger charge is 2.19. The SMILES string of the molecule is C=CCOc1ccc(-c2nn(-c3ccccc3)cc2/C=c2\sc3nc(-c4oc5ccccc5c4C)nn3c2=O)cc1. The molecule has 0 aliphatic rings. The van der Waals surface area contributed by atoms with Crippen molar-refractivity contribution in [2.45, 2.75) is 6.92 Å². The van der Waals surface area contributed by atoms with E-state index in [1.54, 1.807) is 6.08 Å². The van der Waals surface area contributed by atoms with Crippen LogP contribution in [0.1, 0.15) is 11.1 Å². The van der Waals surface area contributed by atoms with E-state index in [0.29, 0.717) is 27.7 Å². The molecule has 0 fully saturated rings. The number of nitrogens with zero attached hydrogens (tertiary/aromatic N) is 5. The zero-order valence-electron chi connectivity index (χ0n) is 22.0. The molecule has 4 aromatic heterocycles. The second-order valence-electron chi connectivity index (χ2n) is 9.44. The molecule has 8 nitrogen and oxygen atoms in total. The average Bonchev–Trinajstić information content (AvgIpc) is 3.77. The number of ether oxygens (including phenoxy) is 1. The molecule has 7 aromatic rings. The average molecular weight is 558 g/mol. The van der Waals surface area contributed by atoms with E-state index in [4.69, 9.17) is 14.3 Å². The standard InChI is InChI=1S/C32H23N5O3S/c1-3-17-39-24-15-13-21(14-16-24)28-22(19-36(34-28)23-9-5-4-6-10-23)18-27-31(38)37-32(41-27)33-30(35-37)29-20(2)25-11-7-8-12-26(25)40-29/h3-16,18-19H,1,17H2,2H3/b27-18-. The quantitative estimate of drug-likeness (QED) is 0.229. The van der Waals surface area contributed by atoms with Crippen LogP contribution in [0.25, 0.3) is 50.5 Å². The summed E-state index contributed by atoms with van der Waals surface area (Å²) in [5.74, 6) is 1.70. The maximum Gasteiger partial charge on any atom is 0.291 e. The van der Waals surface area contributed by atoms with Crippen LogP contribution >= 0.6 is 11.3 Å². The van der Waals surface area contributed by atoms with Crippen molar-refractivity contribution in [3.05, 3.63) is 124 Å². The fourth-order valence-electron chi connectivity index (χ4n) is 4.75. The van der Waals surface area contributed by atoms with E-state index < -0.39 is 0 Å². The van der Waals surface area contributed by atoms with Gasteiger partial charge in [0.2, 0.25) is 10.8 Å². The van der Waals surface area contributed by atoms with Crippen LogP contribution in [0, 0.1) is 6.92 Å². The van der Waals surface area contributed by atoms with Gasteiger partial charge in [0, 0.05) is 28.3 Å². The lowest BCUT2D eigenvalue weighted by molar-refractivity contribution is 0.363. The number of aryl methyl sites for hydroxylation is 1. The molecule has 4 heterocycles. The molecule has 0 aliphatic heterocycles. The van der Waals surface area contributed by atoms with Crippen molar-refractivity contribution in [1.29, 1.82) is 0 Å². The zero-order valence-corrected chi connectivity index (χ0v) is 22.8. The maximum absolute atomic E-state index is 13.5. The third-order valence-electron chi connectivity index (χ3n) is 6.77. The molecule has 0 amide bonds. The molecule has 41 heavy (non-hydrogen) atoms. The highest BCUT2D eigenvalue weighted by molar-refractivity contribution is 7.15. The minimum atomic E-state index is -0.246. The van der Waals surface area contributed by atoms with Crippen LogP contribution in [0.4, 0.5) is 0 Å². The Kier molecular flexibility index (Phi) is 6.06. The molecule has 0 unspecified atom stereocenters. The Bertz CT molecular complexity index is 2150. The molecule has 0 spiro atoms. The number of para-hydroxylation sites is 2. The first kappa shape index (κ1) is 24.7. The van der Waals surface area contributed by atoms with Gasteiger partial charge in [-0.05, 0) is 55.5 Å². The Morgan fingerprint density at radius 2 is 1.78 bits per heavy atom. The molecule has 3 aromatic carbocycles. The number of thiazole rings is 1. The van der Waals surface area contributed by atoms with Crippen molar-refractivity contribution >= 4 is 33.3 Å². The van der Waals surface area contributed by atoms with Crippen LogP contribution in [-0.4, -0.2) is 31.0 Å². The summed E-state index contributed by atoms with van der Waals surface area (Å²) in [6.07, 6.45) is 5.47. The van der Waals surface area contributed by atoms with Crippen LogP contribution in [0.5, 0.6) is 5.75 Å². The fraction of sp³-hybridized carbons (Fsp3) is 0.0625. The first-order valence-electron chi connectivity index (χ1n) is 13.0. The number of furan rings is 1. The predicted molar refractivity (Wildman–Crippen MR) is 161 cm³/mol. The van der Waals surface area contributed by atoms with E-state index in [2.05, 4.69) is 16.7 Å². The van der Waals surface area contributed by atoms with Gasteiger partial charge in [0.15, 0.2) is 5.76 Å². The minimum absolute atomic E-state index is 0.246. The van der Waals surface area contributed by atoms with Crippen molar-refractivity contribution < 1.29 is 9.15 Å². The van der Waals surface area contributed by atoms with Crippen molar-refractivity contribution in [2.24, 2.45) is 0 Å². The molecular weight excluding hydrogens is 534 g/mol. The number of benzene rings is 3. The molecule has 0 aliphatic carbocycles. The maximum atomic E-state index is 13.5. The molecule has 200 valence electrons. The smallest absolute Gasteiger partial charge is 0.291 e. The van der Waals surface area contributed by atoms with Crippen molar-refractivity contribution in [3.63, 3.8) is 0 Å². The first-order valence-corrected chi connectivity index (χ1v) is 13.8. The lowest BCUT2D eigenvalue weighted by Crippen LogP contribution is -2.23. The Hall–Kier alpha value is -5.28. The van der Waals surface area contributed by atoms with Crippen LogP contribution in [-0.2, 0) is 0 Å². The van der Waals surface area contributed by atoms with Gasteiger partial charge in [-0.1, -0.05) is 60.4 Å². The largest absolute Gasteiger partial charge is 0.490 e. The highest BCUT2D eigenvalue weighted by Crippen LogP contribution is 2.31. The van der Waals surface area contributed by atoms with Gasteiger partial charge in [-0.25, -0.2) is 4.68 Å². The van der Waals surface area contributed by atoms with E-state index >= 15 is 0 Å². The number of hydrogen-bond donors (Lipinski definition) is 0. The van der Waals surface area contributed by atoms with E-state index in [1.807, 2.05) is 103 Å². The normalized spacial score (nSPS) is 12.0. The fourth-order valence-corrected chi connectivity index (χ4v) is 5.65. The number of rotatable bonds is 7. The Morgan fingerprint density at radius 3 is 2.54 bits per heavy atom. The monoisotopic (exact) mass is 557 g/mol. The third-order valence-corrected chi connectivity index (χ3v) is 7.73. The van der Waals surface area contributed by atoms with Gasteiger partial charge >= 0.3 is 0 Å². The summed E-state index contributed by atoms with van der Waals surface area (Å²) >= 11 is 1.28. The lowest BCUT2D eigenvalue weighted by Gasteiger charge is -2.04. The van der Waals surface area contributed by atoms with E-state index in [-0.39, 0.29) is 5.56 Å². The van der Waals surface area contributed by atoms with E-state index in [1.165, 1.54) is 15.9 Å². The summed E-state index contributed by atoms with van der Waals surface area (Å²) in [4.78, 5) is 18.6. The summed E-state index contributed by atoms with van der Waals surface area (Å²) < 4.78 is 15.3. The Balaban J connectivity index is 1.32. The molecule has 7 rings (SSSR count). The van der Waals surface area contributed by atoms with Gasteiger partial charge in [-0.3, -0.25) is 4.79 Å². The van der Waals surface area contributed by atoms with Gasteiger partial charge in [-0.2, -0.15) is 14.6 Å². The number of hydrogen-bond acceptors (Lipinski definition) is 7. The summed E-state index contributed by atoms with van der Waals surface area (Å²) in [5.41, 5.74) is 4.80. The van der Waals surface area contributed by atoms with Gasteiger partial charge in [0.1, 0.15) is 23.6 Å². The summed E-state index contributed by atoms with van der Waals surface area (Å²) in [7, 11) is 0. The van der Waals surface area contributed by atoms with Gasteiger partial charge in [0.05, 0.1) is 10.2 Å². The summed E-state index contributed by atoms with van der Waals surface area (Å²) in [5, 5.41) is 10.4. The molecule has 9 heteroatoms. The second-order valence-corrected chi connectivity index (χ2v) is 10.4. The van der Waals surface area contributed by atoms with Crippen LogP contribution in [0.15, 0.2) is 107 Å². The van der Waals surface area contributed by atoms with Crippen LogP contribution in [0.2, 0.25) is 0 Å². The Labute approximate surface area is 238 Å². The van der Waals surface area contributed by atoms with Crippen molar-refractivity contribution in [1.82, 2.24) is 24.4 Å². The lowest BCUT2D eigenvalue weighted by atomic mass is 10.1. The van der Waals surface area contributed by atoms with Gasteiger partial charge in [0.25, 0.3) is 5.56 Å². The molecule has 0 N–H and O–H groups in total. The molecule has 0 atom stereocenters.